The number of hydrogen-bond acceptors (Lipinski definition) is 2. The van der Waals surface area contributed by atoms with Gasteiger partial charge in [-0.3, -0.25) is 4.79 Å². The first-order valence-corrected chi connectivity index (χ1v) is 4.92. The Kier molecular flexibility index (Phi) is 4.22. The SMILES string of the molecule is CNC(=O)COc1ccc(Cl)cc1C(F)(F)F. The summed E-state index contributed by atoms with van der Waals surface area (Å²) in [5, 5.41) is 2.18. The van der Waals surface area contributed by atoms with Gasteiger partial charge >= 0.3 is 6.18 Å². The van der Waals surface area contributed by atoms with E-state index in [4.69, 9.17) is 16.3 Å². The van der Waals surface area contributed by atoms with Gasteiger partial charge in [-0.1, -0.05) is 11.6 Å². The van der Waals surface area contributed by atoms with E-state index < -0.39 is 30.0 Å². The second-order valence-electron chi connectivity index (χ2n) is 3.10. The lowest BCUT2D eigenvalue weighted by Crippen LogP contribution is -2.25. The molecule has 0 aliphatic carbocycles. The fraction of sp³-hybridized carbons (Fsp3) is 0.300. The van der Waals surface area contributed by atoms with Crippen LogP contribution >= 0.6 is 11.6 Å². The van der Waals surface area contributed by atoms with Gasteiger partial charge in [0, 0.05) is 12.1 Å². The molecule has 17 heavy (non-hydrogen) atoms. The van der Waals surface area contributed by atoms with E-state index in [-0.39, 0.29) is 5.02 Å². The van der Waals surface area contributed by atoms with E-state index in [1.807, 2.05) is 0 Å². The second-order valence-corrected chi connectivity index (χ2v) is 3.54. The lowest BCUT2D eigenvalue weighted by atomic mass is 10.2. The molecular weight excluding hydrogens is 259 g/mol. The van der Waals surface area contributed by atoms with Gasteiger partial charge in [0.2, 0.25) is 0 Å². The summed E-state index contributed by atoms with van der Waals surface area (Å²) in [6.07, 6.45) is -4.58. The summed E-state index contributed by atoms with van der Waals surface area (Å²) in [7, 11) is 1.36. The molecule has 1 rings (SSSR count). The third-order valence-corrected chi connectivity index (χ3v) is 2.12. The van der Waals surface area contributed by atoms with E-state index >= 15 is 0 Å². The summed E-state index contributed by atoms with van der Waals surface area (Å²) in [5.41, 5.74) is -1.01. The van der Waals surface area contributed by atoms with E-state index in [0.29, 0.717) is 0 Å². The van der Waals surface area contributed by atoms with E-state index in [0.717, 1.165) is 12.1 Å². The van der Waals surface area contributed by atoms with E-state index in [1.165, 1.54) is 13.1 Å². The van der Waals surface area contributed by atoms with Gasteiger partial charge < -0.3 is 10.1 Å². The summed E-state index contributed by atoms with van der Waals surface area (Å²) in [6, 6.07) is 3.09. The van der Waals surface area contributed by atoms with Gasteiger partial charge in [-0.2, -0.15) is 13.2 Å². The largest absolute Gasteiger partial charge is 0.483 e. The van der Waals surface area contributed by atoms with Crippen LogP contribution in [0.2, 0.25) is 5.02 Å². The first-order valence-electron chi connectivity index (χ1n) is 4.54. The van der Waals surface area contributed by atoms with Gasteiger partial charge in [0.1, 0.15) is 5.75 Å². The van der Waals surface area contributed by atoms with Crippen LogP contribution in [0, 0.1) is 0 Å². The molecule has 0 fully saturated rings. The minimum atomic E-state index is -4.58. The number of rotatable bonds is 3. The average molecular weight is 268 g/mol. The normalized spacial score (nSPS) is 11.1. The molecule has 3 nitrogen and oxygen atoms in total. The number of nitrogens with one attached hydrogen (secondary N) is 1. The quantitative estimate of drug-likeness (QED) is 0.914. The zero-order valence-corrected chi connectivity index (χ0v) is 9.52. The molecule has 0 aliphatic heterocycles. The highest BCUT2D eigenvalue weighted by molar-refractivity contribution is 6.30. The maximum Gasteiger partial charge on any atom is 0.420 e. The van der Waals surface area contributed by atoms with Crippen molar-refractivity contribution < 1.29 is 22.7 Å². The van der Waals surface area contributed by atoms with Gasteiger partial charge in [-0.15, -0.1) is 0 Å². The fourth-order valence-electron chi connectivity index (χ4n) is 1.07. The summed E-state index contributed by atoms with van der Waals surface area (Å²) in [5.74, 6) is -0.946. The number of alkyl halides is 3. The molecule has 0 saturated heterocycles. The highest BCUT2D eigenvalue weighted by Gasteiger charge is 2.34. The van der Waals surface area contributed by atoms with Crippen molar-refractivity contribution in [2.24, 2.45) is 0 Å². The third kappa shape index (κ3) is 3.81. The number of ether oxygens (including phenoxy) is 1. The van der Waals surface area contributed by atoms with Crippen LogP contribution in [0.15, 0.2) is 18.2 Å². The molecule has 0 heterocycles. The van der Waals surface area contributed by atoms with E-state index in [1.54, 1.807) is 0 Å². The van der Waals surface area contributed by atoms with Crippen LogP contribution in [0.5, 0.6) is 5.75 Å². The van der Waals surface area contributed by atoms with Crippen molar-refractivity contribution in [2.45, 2.75) is 6.18 Å². The summed E-state index contributed by atoms with van der Waals surface area (Å²) >= 11 is 5.48. The first-order chi connectivity index (χ1) is 7.84. The lowest BCUT2D eigenvalue weighted by Gasteiger charge is -2.13. The van der Waals surface area contributed by atoms with Crippen LogP contribution in [0.3, 0.4) is 0 Å². The number of amides is 1. The summed E-state index contributed by atoms with van der Waals surface area (Å²) < 4.78 is 42.6. The Morgan fingerprint density at radius 2 is 2.12 bits per heavy atom. The summed E-state index contributed by atoms with van der Waals surface area (Å²) in [4.78, 5) is 10.9. The Bertz CT molecular complexity index is 421. The smallest absolute Gasteiger partial charge is 0.420 e. The molecule has 0 atom stereocenters. The van der Waals surface area contributed by atoms with Gasteiger partial charge in [-0.25, -0.2) is 0 Å². The third-order valence-electron chi connectivity index (χ3n) is 1.88. The molecule has 0 aliphatic rings. The Morgan fingerprint density at radius 1 is 1.47 bits per heavy atom. The molecule has 1 aromatic carbocycles. The zero-order valence-electron chi connectivity index (χ0n) is 8.77. The summed E-state index contributed by atoms with van der Waals surface area (Å²) in [6.45, 7) is -0.485. The highest BCUT2D eigenvalue weighted by atomic mass is 35.5. The number of carbonyl (C=O) groups excluding carboxylic acids is 1. The van der Waals surface area contributed by atoms with Gasteiger partial charge in [0.05, 0.1) is 5.56 Å². The van der Waals surface area contributed by atoms with Crippen molar-refractivity contribution in [1.29, 1.82) is 0 Å². The molecule has 1 N–H and O–H groups in total. The van der Waals surface area contributed by atoms with Gasteiger partial charge in [0.25, 0.3) is 5.91 Å². The topological polar surface area (TPSA) is 38.3 Å². The predicted molar refractivity (Wildman–Crippen MR) is 56.0 cm³/mol. The fourth-order valence-corrected chi connectivity index (χ4v) is 1.24. The van der Waals surface area contributed by atoms with Crippen molar-refractivity contribution in [2.75, 3.05) is 13.7 Å². The van der Waals surface area contributed by atoms with Crippen LogP contribution in [0.1, 0.15) is 5.56 Å². The maximum atomic E-state index is 12.6. The monoisotopic (exact) mass is 267 g/mol. The number of halogens is 4. The van der Waals surface area contributed by atoms with Crippen LogP contribution in [-0.2, 0) is 11.0 Å². The molecule has 1 aromatic rings. The van der Waals surface area contributed by atoms with Crippen LogP contribution in [0.25, 0.3) is 0 Å². The van der Waals surface area contributed by atoms with Gasteiger partial charge in [0.15, 0.2) is 6.61 Å². The van der Waals surface area contributed by atoms with Crippen molar-refractivity contribution in [1.82, 2.24) is 5.32 Å². The highest BCUT2D eigenvalue weighted by Crippen LogP contribution is 2.37. The molecular formula is C10H9ClF3NO2. The van der Waals surface area contributed by atoms with Crippen molar-refractivity contribution in [3.05, 3.63) is 28.8 Å². The Labute approximate surface area is 101 Å². The van der Waals surface area contributed by atoms with E-state index in [2.05, 4.69) is 5.32 Å². The number of benzene rings is 1. The molecule has 0 aromatic heterocycles. The predicted octanol–water partition coefficient (Wildman–Crippen LogP) is 2.48. The van der Waals surface area contributed by atoms with Gasteiger partial charge in [-0.05, 0) is 18.2 Å². The Hall–Kier alpha value is -1.43. The minimum absolute atomic E-state index is 0.0513. The Morgan fingerprint density at radius 3 is 2.65 bits per heavy atom. The number of carbonyl (C=O) groups is 1. The van der Waals surface area contributed by atoms with Crippen LogP contribution in [0.4, 0.5) is 13.2 Å². The zero-order chi connectivity index (χ0) is 13.1. The molecule has 7 heteroatoms. The molecule has 0 bridgehead atoms. The van der Waals surface area contributed by atoms with Crippen LogP contribution in [-0.4, -0.2) is 19.6 Å². The molecule has 1 amide bonds. The van der Waals surface area contributed by atoms with E-state index in [9.17, 15) is 18.0 Å². The minimum Gasteiger partial charge on any atom is -0.483 e. The molecule has 0 radical (unpaired) electrons. The standard InChI is InChI=1S/C10H9ClF3NO2/c1-15-9(16)5-17-8-3-2-6(11)4-7(8)10(12,13)14/h2-4H,5H2,1H3,(H,15,16). The lowest BCUT2D eigenvalue weighted by molar-refractivity contribution is -0.139. The van der Waals surface area contributed by atoms with Crippen molar-refractivity contribution in [3.8, 4) is 5.75 Å². The molecule has 0 spiro atoms. The molecule has 0 saturated carbocycles. The van der Waals surface area contributed by atoms with Crippen molar-refractivity contribution >= 4 is 17.5 Å². The Balaban J connectivity index is 2.95. The second kappa shape index (κ2) is 5.27. The van der Waals surface area contributed by atoms with Crippen LogP contribution < -0.4 is 10.1 Å². The molecule has 94 valence electrons. The number of likely N-dealkylation sites (N-methyl/N-ethyl adjacent to an activating group) is 1. The molecule has 0 unspecified atom stereocenters. The maximum absolute atomic E-state index is 12.6. The average Bonchev–Trinajstić information content (AvgIpc) is 2.25. The van der Waals surface area contributed by atoms with Crippen molar-refractivity contribution in [3.63, 3.8) is 0 Å². The number of hydrogen-bond donors (Lipinski definition) is 1. The first kappa shape index (κ1) is 13.6.